The largest absolute Gasteiger partial charge is 0.495 e. The highest BCUT2D eigenvalue weighted by Gasteiger charge is 2.21. The normalized spacial score (nSPS) is 11.0. The fraction of sp³-hybridized carbons (Fsp3) is 0.188. The minimum Gasteiger partial charge on any atom is -0.495 e. The zero-order chi connectivity index (χ0) is 18.6. The van der Waals surface area contributed by atoms with Gasteiger partial charge in [0.15, 0.2) is 0 Å². The van der Waals surface area contributed by atoms with E-state index in [1.165, 1.54) is 37.4 Å². The van der Waals surface area contributed by atoms with Crippen molar-refractivity contribution < 1.29 is 22.7 Å². The van der Waals surface area contributed by atoms with Gasteiger partial charge < -0.3 is 9.47 Å². The second kappa shape index (κ2) is 8.07. The molecule has 0 aromatic heterocycles. The topological polar surface area (TPSA) is 81.7 Å². The summed E-state index contributed by atoms with van der Waals surface area (Å²) in [6, 6.07) is 8.81. The Hall–Kier alpha value is -1.77. The summed E-state index contributed by atoms with van der Waals surface area (Å²) in [4.78, 5) is 11.8. The third kappa shape index (κ3) is 4.65. The highest BCUT2D eigenvalue weighted by Crippen LogP contribution is 2.30. The van der Waals surface area contributed by atoms with E-state index in [1.807, 2.05) is 0 Å². The molecule has 0 aliphatic heterocycles. The number of methoxy groups -OCH3 is 1. The van der Waals surface area contributed by atoms with Gasteiger partial charge in [-0.15, -0.1) is 0 Å². The van der Waals surface area contributed by atoms with Crippen LogP contribution in [-0.4, -0.2) is 28.1 Å². The first kappa shape index (κ1) is 19.6. The molecular formula is C16H15BrClNO5S. The van der Waals surface area contributed by atoms with Crippen molar-refractivity contribution in [1.82, 2.24) is 0 Å². The lowest BCUT2D eigenvalue weighted by molar-refractivity contribution is 0.0526. The second-order valence-electron chi connectivity index (χ2n) is 4.82. The summed E-state index contributed by atoms with van der Waals surface area (Å²) in [5.74, 6) is -0.441. The van der Waals surface area contributed by atoms with Gasteiger partial charge in [0.2, 0.25) is 0 Å². The van der Waals surface area contributed by atoms with Crippen molar-refractivity contribution >= 4 is 49.2 Å². The number of rotatable bonds is 6. The maximum atomic E-state index is 12.7. The van der Waals surface area contributed by atoms with Crippen molar-refractivity contribution in [3.05, 3.63) is 51.5 Å². The number of halogens is 2. The van der Waals surface area contributed by atoms with Gasteiger partial charge >= 0.3 is 5.97 Å². The van der Waals surface area contributed by atoms with Gasteiger partial charge in [0.25, 0.3) is 10.0 Å². The molecule has 25 heavy (non-hydrogen) atoms. The molecule has 0 bridgehead atoms. The third-order valence-corrected chi connectivity index (χ3v) is 5.35. The van der Waals surface area contributed by atoms with E-state index in [0.717, 1.165) is 0 Å². The van der Waals surface area contributed by atoms with Crippen molar-refractivity contribution in [3.8, 4) is 5.75 Å². The zero-order valence-electron chi connectivity index (χ0n) is 13.4. The Morgan fingerprint density at radius 1 is 1.24 bits per heavy atom. The molecule has 0 spiro atoms. The Bertz CT molecular complexity index is 901. The molecule has 0 aliphatic rings. The third-order valence-electron chi connectivity index (χ3n) is 3.13. The van der Waals surface area contributed by atoms with Gasteiger partial charge in [-0.1, -0.05) is 27.5 Å². The van der Waals surface area contributed by atoms with Crippen molar-refractivity contribution in [2.75, 3.05) is 18.4 Å². The first-order valence-corrected chi connectivity index (χ1v) is 9.77. The average molecular weight is 449 g/mol. The minimum absolute atomic E-state index is 0.0444. The monoisotopic (exact) mass is 447 g/mol. The molecule has 134 valence electrons. The molecule has 1 N–H and O–H groups in total. The van der Waals surface area contributed by atoms with E-state index in [2.05, 4.69) is 20.7 Å². The first-order chi connectivity index (χ1) is 11.8. The van der Waals surface area contributed by atoms with E-state index < -0.39 is 16.0 Å². The van der Waals surface area contributed by atoms with E-state index >= 15 is 0 Å². The average Bonchev–Trinajstić information content (AvgIpc) is 2.56. The maximum Gasteiger partial charge on any atom is 0.339 e. The van der Waals surface area contributed by atoms with Gasteiger partial charge in [0.05, 0.1) is 24.3 Å². The summed E-state index contributed by atoms with van der Waals surface area (Å²) >= 11 is 9.21. The Balaban J connectivity index is 2.40. The number of esters is 1. The van der Waals surface area contributed by atoms with Crippen LogP contribution in [0.3, 0.4) is 0 Å². The molecule has 0 heterocycles. The first-order valence-electron chi connectivity index (χ1n) is 7.11. The summed E-state index contributed by atoms with van der Waals surface area (Å²) in [6.45, 7) is 1.85. The quantitative estimate of drug-likeness (QED) is 0.673. The fourth-order valence-corrected chi connectivity index (χ4v) is 3.98. The highest BCUT2D eigenvalue weighted by atomic mass is 79.9. The van der Waals surface area contributed by atoms with E-state index in [1.54, 1.807) is 13.0 Å². The zero-order valence-corrected chi connectivity index (χ0v) is 16.5. The van der Waals surface area contributed by atoms with Crippen molar-refractivity contribution in [2.45, 2.75) is 11.8 Å². The van der Waals surface area contributed by atoms with Crippen molar-refractivity contribution in [1.29, 1.82) is 0 Å². The predicted molar refractivity (Wildman–Crippen MR) is 98.9 cm³/mol. The maximum absolute atomic E-state index is 12.7. The van der Waals surface area contributed by atoms with E-state index in [0.29, 0.717) is 4.47 Å². The van der Waals surface area contributed by atoms with Crippen LogP contribution in [0.1, 0.15) is 17.3 Å². The van der Waals surface area contributed by atoms with Crippen LogP contribution in [0.5, 0.6) is 5.75 Å². The van der Waals surface area contributed by atoms with Crippen LogP contribution in [0.25, 0.3) is 0 Å². The van der Waals surface area contributed by atoms with E-state index in [4.69, 9.17) is 21.1 Å². The predicted octanol–water partition coefficient (Wildman–Crippen LogP) is 4.09. The van der Waals surface area contributed by atoms with E-state index in [9.17, 15) is 13.2 Å². The fourth-order valence-electron chi connectivity index (χ4n) is 2.02. The lowest BCUT2D eigenvalue weighted by Crippen LogP contribution is -2.15. The number of carbonyl (C=O) groups excluding carboxylic acids is 1. The number of hydrogen-bond acceptors (Lipinski definition) is 5. The Morgan fingerprint density at radius 2 is 1.96 bits per heavy atom. The van der Waals surface area contributed by atoms with E-state index in [-0.39, 0.29) is 33.5 Å². The van der Waals surface area contributed by atoms with Crippen LogP contribution in [0, 0.1) is 0 Å². The molecular weight excluding hydrogens is 434 g/mol. The number of anilines is 1. The summed E-state index contributed by atoms with van der Waals surface area (Å²) in [5.41, 5.74) is 0.249. The standard InChI is InChI=1S/C16H15BrClNO5S/c1-3-24-16(20)12-9-11(5-6-13(12)18)19-25(21,22)15-8-10(17)4-7-14(15)23-2/h4-9,19H,3H2,1-2H3. The number of hydrogen-bond donors (Lipinski definition) is 1. The molecule has 2 aromatic rings. The minimum atomic E-state index is -3.95. The van der Waals surface area contributed by atoms with Crippen molar-refractivity contribution in [2.24, 2.45) is 0 Å². The van der Waals surface area contributed by atoms with Crippen LogP contribution >= 0.6 is 27.5 Å². The van der Waals surface area contributed by atoms with Gasteiger partial charge in [-0.2, -0.15) is 0 Å². The summed E-state index contributed by atoms with van der Waals surface area (Å²) in [7, 11) is -2.57. The number of sulfonamides is 1. The Kier molecular flexibility index (Phi) is 6.31. The molecule has 0 amide bonds. The molecule has 0 fully saturated rings. The molecule has 0 unspecified atom stereocenters. The number of ether oxygens (including phenoxy) is 2. The number of benzene rings is 2. The molecule has 0 atom stereocenters. The van der Waals surface area contributed by atoms with Gasteiger partial charge in [-0.25, -0.2) is 13.2 Å². The molecule has 0 saturated carbocycles. The summed E-state index contributed by atoms with van der Waals surface area (Å²) < 4.78 is 38.3. The lowest BCUT2D eigenvalue weighted by atomic mass is 10.2. The SMILES string of the molecule is CCOC(=O)c1cc(NS(=O)(=O)c2cc(Br)ccc2OC)ccc1Cl. The van der Waals surface area contributed by atoms with Crippen LogP contribution in [0.4, 0.5) is 5.69 Å². The molecule has 0 saturated heterocycles. The summed E-state index contributed by atoms with van der Waals surface area (Å²) in [5, 5.41) is 0.168. The van der Waals surface area contributed by atoms with Gasteiger partial charge in [0.1, 0.15) is 10.6 Å². The van der Waals surface area contributed by atoms with Crippen molar-refractivity contribution in [3.63, 3.8) is 0 Å². The molecule has 2 rings (SSSR count). The molecule has 2 aromatic carbocycles. The smallest absolute Gasteiger partial charge is 0.339 e. The Labute approximate surface area is 159 Å². The Morgan fingerprint density at radius 3 is 2.60 bits per heavy atom. The van der Waals surface area contributed by atoms with Gasteiger partial charge in [-0.3, -0.25) is 4.72 Å². The summed E-state index contributed by atoms with van der Waals surface area (Å²) in [6.07, 6.45) is 0. The van der Waals surface area contributed by atoms with Crippen LogP contribution in [0.2, 0.25) is 5.02 Å². The molecule has 0 aliphatic carbocycles. The van der Waals surface area contributed by atoms with Crippen LogP contribution in [0.15, 0.2) is 45.8 Å². The van der Waals surface area contributed by atoms with Gasteiger partial charge in [0, 0.05) is 10.2 Å². The second-order valence-corrected chi connectivity index (χ2v) is 7.79. The number of carbonyl (C=O) groups is 1. The molecule has 0 radical (unpaired) electrons. The highest BCUT2D eigenvalue weighted by molar-refractivity contribution is 9.10. The molecule has 6 nitrogen and oxygen atoms in total. The van der Waals surface area contributed by atoms with Crippen LogP contribution < -0.4 is 9.46 Å². The molecule has 9 heteroatoms. The lowest BCUT2D eigenvalue weighted by Gasteiger charge is -2.13. The van der Waals surface area contributed by atoms with Gasteiger partial charge in [-0.05, 0) is 43.3 Å². The number of nitrogens with one attached hydrogen (secondary N) is 1. The van der Waals surface area contributed by atoms with Crippen LogP contribution in [-0.2, 0) is 14.8 Å².